The molecule has 2 aromatic rings. The van der Waals surface area contributed by atoms with E-state index in [2.05, 4.69) is 27.0 Å². The number of nitriles is 1. The van der Waals surface area contributed by atoms with Crippen LogP contribution < -0.4 is 16.0 Å². The predicted octanol–water partition coefficient (Wildman–Crippen LogP) is 3.78. The van der Waals surface area contributed by atoms with Gasteiger partial charge in [0.2, 0.25) is 11.8 Å². The molecule has 1 aromatic heterocycles. The van der Waals surface area contributed by atoms with Crippen molar-refractivity contribution in [2.75, 3.05) is 6.54 Å². The van der Waals surface area contributed by atoms with Crippen molar-refractivity contribution in [3.8, 4) is 6.07 Å². The Labute approximate surface area is 209 Å². The number of amides is 2. The fraction of sp³-hybridized carbons (Fsp3) is 0.542. The third-order valence-corrected chi connectivity index (χ3v) is 6.69. The van der Waals surface area contributed by atoms with Gasteiger partial charge in [0, 0.05) is 17.8 Å². The SMILES string of the molecule is CC(C)(C)CC(NC(O)c1cc2ccc(Cl)c(Cl)c2[nH]1)C(=O)NC(C#N)CC1CCCNC1=O. The van der Waals surface area contributed by atoms with Gasteiger partial charge in [-0.15, -0.1) is 0 Å². The molecule has 34 heavy (non-hydrogen) atoms. The molecule has 10 heteroatoms. The molecule has 0 spiro atoms. The number of piperidine rings is 1. The predicted molar refractivity (Wildman–Crippen MR) is 132 cm³/mol. The fourth-order valence-corrected chi connectivity index (χ4v) is 4.57. The van der Waals surface area contributed by atoms with Crippen molar-refractivity contribution >= 4 is 45.9 Å². The number of fused-ring (bicyclic) bond motifs is 1. The average molecular weight is 508 g/mol. The minimum absolute atomic E-state index is 0.0851. The molecule has 0 radical (unpaired) electrons. The Bertz CT molecular complexity index is 1090. The fourth-order valence-electron chi connectivity index (χ4n) is 4.19. The maximum atomic E-state index is 13.2. The molecule has 1 fully saturated rings. The number of hydrogen-bond donors (Lipinski definition) is 5. The van der Waals surface area contributed by atoms with Gasteiger partial charge < -0.3 is 20.7 Å². The number of nitrogens with one attached hydrogen (secondary N) is 4. The second-order valence-corrected chi connectivity index (χ2v) is 10.8. The van der Waals surface area contributed by atoms with E-state index in [1.54, 1.807) is 18.2 Å². The van der Waals surface area contributed by atoms with E-state index in [1.807, 2.05) is 20.8 Å². The molecule has 1 saturated heterocycles. The Hall–Kier alpha value is -2.31. The van der Waals surface area contributed by atoms with E-state index in [0.29, 0.717) is 40.6 Å². The number of halogens is 2. The molecule has 3 rings (SSSR count). The zero-order chi connectivity index (χ0) is 25.0. The Morgan fingerprint density at radius 2 is 2.09 bits per heavy atom. The first-order chi connectivity index (χ1) is 16.0. The van der Waals surface area contributed by atoms with E-state index >= 15 is 0 Å². The number of aromatic nitrogens is 1. The van der Waals surface area contributed by atoms with Crippen molar-refractivity contribution in [3.63, 3.8) is 0 Å². The van der Waals surface area contributed by atoms with E-state index < -0.39 is 24.2 Å². The number of hydrogen-bond acceptors (Lipinski definition) is 5. The van der Waals surface area contributed by atoms with Crippen LogP contribution >= 0.6 is 23.2 Å². The summed E-state index contributed by atoms with van der Waals surface area (Å²) < 4.78 is 0. The summed E-state index contributed by atoms with van der Waals surface area (Å²) in [6, 6.07) is 5.71. The second-order valence-electron chi connectivity index (χ2n) is 9.99. The van der Waals surface area contributed by atoms with Gasteiger partial charge in [-0.1, -0.05) is 50.0 Å². The first kappa shape index (κ1) is 26.3. The largest absolute Gasteiger partial charge is 0.373 e. The van der Waals surface area contributed by atoms with Crippen LogP contribution in [-0.2, 0) is 9.59 Å². The molecule has 4 atom stereocenters. The van der Waals surface area contributed by atoms with Gasteiger partial charge >= 0.3 is 0 Å². The van der Waals surface area contributed by atoms with E-state index in [-0.39, 0.29) is 23.7 Å². The van der Waals surface area contributed by atoms with Crippen molar-refractivity contribution in [1.29, 1.82) is 5.26 Å². The number of benzene rings is 1. The highest BCUT2D eigenvalue weighted by atomic mass is 35.5. The van der Waals surface area contributed by atoms with Gasteiger partial charge in [0.25, 0.3) is 0 Å². The standard InChI is InChI=1S/C24H31Cl2N5O3/c1-24(2,3)11-18(23(34)29-15(12-27)9-14-5-4-8-28-21(14)32)31-22(33)17-10-13-6-7-16(25)19(26)20(13)30-17/h6-7,10,14-15,18,22,30-31,33H,4-5,8-9,11H2,1-3H3,(H,28,32)(H,29,34). The molecule has 184 valence electrons. The Balaban J connectivity index is 1.74. The normalized spacial score (nSPS) is 19.2. The van der Waals surface area contributed by atoms with Gasteiger partial charge in [-0.25, -0.2) is 0 Å². The lowest BCUT2D eigenvalue weighted by molar-refractivity contribution is -0.128. The molecular formula is C24H31Cl2N5O3. The first-order valence-electron chi connectivity index (χ1n) is 11.4. The van der Waals surface area contributed by atoms with Gasteiger partial charge in [-0.3, -0.25) is 14.9 Å². The highest BCUT2D eigenvalue weighted by Crippen LogP contribution is 2.32. The quantitative estimate of drug-likeness (QED) is 0.347. The number of nitrogens with zero attached hydrogens (tertiary/aromatic N) is 1. The average Bonchev–Trinajstić information content (AvgIpc) is 3.21. The van der Waals surface area contributed by atoms with Gasteiger partial charge in [0.1, 0.15) is 12.3 Å². The molecular weight excluding hydrogens is 477 g/mol. The van der Waals surface area contributed by atoms with E-state index in [1.165, 1.54) is 0 Å². The van der Waals surface area contributed by atoms with Gasteiger partial charge in [-0.2, -0.15) is 5.26 Å². The summed E-state index contributed by atoms with van der Waals surface area (Å²) in [4.78, 5) is 28.3. The third-order valence-electron chi connectivity index (χ3n) is 5.89. The second kappa shape index (κ2) is 11.0. The summed E-state index contributed by atoms with van der Waals surface area (Å²) in [5.41, 5.74) is 0.788. The van der Waals surface area contributed by atoms with Crippen molar-refractivity contribution in [3.05, 3.63) is 33.9 Å². The van der Waals surface area contributed by atoms with E-state index in [0.717, 1.165) is 11.8 Å². The zero-order valence-electron chi connectivity index (χ0n) is 19.5. The lowest BCUT2D eigenvalue weighted by Crippen LogP contribution is -2.51. The van der Waals surface area contributed by atoms with Gasteiger partial charge in [0.05, 0.1) is 33.4 Å². The number of aliphatic hydroxyl groups excluding tert-OH is 1. The molecule has 0 bridgehead atoms. The number of aliphatic hydroxyl groups is 1. The van der Waals surface area contributed by atoms with Crippen LogP contribution in [0.25, 0.3) is 10.9 Å². The third kappa shape index (κ3) is 6.63. The number of rotatable bonds is 8. The molecule has 2 heterocycles. The summed E-state index contributed by atoms with van der Waals surface area (Å²) in [5, 5.41) is 30.5. The molecule has 1 aromatic carbocycles. The lowest BCUT2D eigenvalue weighted by atomic mass is 9.87. The summed E-state index contributed by atoms with van der Waals surface area (Å²) in [6.45, 7) is 6.60. The summed E-state index contributed by atoms with van der Waals surface area (Å²) in [6.07, 6.45) is 1.01. The molecule has 1 aliphatic heterocycles. The highest BCUT2D eigenvalue weighted by molar-refractivity contribution is 6.45. The molecule has 1 aliphatic rings. The van der Waals surface area contributed by atoms with E-state index in [4.69, 9.17) is 23.2 Å². The van der Waals surface area contributed by atoms with Gasteiger partial charge in [-0.05, 0) is 43.2 Å². The lowest BCUT2D eigenvalue weighted by Gasteiger charge is -2.29. The van der Waals surface area contributed by atoms with Crippen molar-refractivity contribution in [1.82, 2.24) is 20.9 Å². The number of carbonyl (C=O) groups excluding carboxylic acids is 2. The minimum atomic E-state index is -1.19. The van der Waals surface area contributed by atoms with Crippen LogP contribution in [0.5, 0.6) is 0 Å². The van der Waals surface area contributed by atoms with Crippen LogP contribution in [0, 0.1) is 22.7 Å². The number of aromatic amines is 1. The Morgan fingerprint density at radius 3 is 2.74 bits per heavy atom. The minimum Gasteiger partial charge on any atom is -0.373 e. The summed E-state index contributed by atoms with van der Waals surface area (Å²) >= 11 is 12.3. The van der Waals surface area contributed by atoms with Crippen molar-refractivity contribution < 1.29 is 14.7 Å². The first-order valence-corrected chi connectivity index (χ1v) is 12.1. The molecule has 0 saturated carbocycles. The summed E-state index contributed by atoms with van der Waals surface area (Å²) in [7, 11) is 0. The summed E-state index contributed by atoms with van der Waals surface area (Å²) in [5.74, 6) is -0.798. The zero-order valence-corrected chi connectivity index (χ0v) is 21.1. The van der Waals surface area contributed by atoms with Crippen LogP contribution in [0.2, 0.25) is 10.0 Å². The molecule has 4 unspecified atom stereocenters. The van der Waals surface area contributed by atoms with Crippen LogP contribution in [0.1, 0.15) is 58.4 Å². The maximum Gasteiger partial charge on any atom is 0.238 e. The monoisotopic (exact) mass is 507 g/mol. The smallest absolute Gasteiger partial charge is 0.238 e. The van der Waals surface area contributed by atoms with Crippen LogP contribution in [0.15, 0.2) is 18.2 Å². The Morgan fingerprint density at radius 1 is 1.35 bits per heavy atom. The molecule has 8 nitrogen and oxygen atoms in total. The van der Waals surface area contributed by atoms with E-state index in [9.17, 15) is 20.0 Å². The highest BCUT2D eigenvalue weighted by Gasteiger charge is 2.31. The topological polar surface area (TPSA) is 130 Å². The number of H-pyrrole nitrogens is 1. The molecule has 5 N–H and O–H groups in total. The van der Waals surface area contributed by atoms with Crippen molar-refractivity contribution in [2.45, 2.75) is 64.8 Å². The van der Waals surface area contributed by atoms with Crippen molar-refractivity contribution in [2.24, 2.45) is 11.3 Å². The molecule has 0 aliphatic carbocycles. The van der Waals surface area contributed by atoms with Gasteiger partial charge in [0.15, 0.2) is 0 Å². The number of carbonyl (C=O) groups is 2. The maximum absolute atomic E-state index is 13.2. The molecule has 2 amide bonds. The van der Waals surface area contributed by atoms with Crippen LogP contribution in [-0.4, -0.2) is 40.5 Å². The van der Waals surface area contributed by atoms with Crippen LogP contribution in [0.3, 0.4) is 0 Å². The van der Waals surface area contributed by atoms with Crippen LogP contribution in [0.4, 0.5) is 0 Å². The Kier molecular flexibility index (Phi) is 8.47.